The summed E-state index contributed by atoms with van der Waals surface area (Å²) >= 11 is 0. The van der Waals surface area contributed by atoms with Crippen LogP contribution < -0.4 is 0 Å². The first-order valence-corrected chi connectivity index (χ1v) is 9.12. The molecule has 0 aromatic carbocycles. The molecular weight excluding hydrogens is 256 g/mol. The average Bonchev–Trinajstić information content (AvgIpc) is 2.39. The van der Waals surface area contributed by atoms with E-state index in [9.17, 15) is 4.79 Å². The molecule has 0 radical (unpaired) electrons. The fourth-order valence-corrected chi connectivity index (χ4v) is 4.07. The minimum Gasteiger partial charge on any atom is -0.464 e. The van der Waals surface area contributed by atoms with E-state index in [1.165, 1.54) is 0 Å². The van der Waals surface area contributed by atoms with E-state index in [1.54, 1.807) is 6.92 Å². The van der Waals surface area contributed by atoms with Crippen LogP contribution in [0.15, 0.2) is 12.2 Å². The SMILES string of the molecule is C=C(C)C(=O)OC(CCCC)[SiH2]C(CC)COCC. The van der Waals surface area contributed by atoms with Crippen molar-refractivity contribution < 1.29 is 14.3 Å². The van der Waals surface area contributed by atoms with Gasteiger partial charge in [0.05, 0.1) is 15.2 Å². The molecule has 0 rings (SSSR count). The molecule has 0 aromatic heterocycles. The first-order valence-electron chi connectivity index (χ1n) is 7.49. The molecule has 0 aliphatic rings. The monoisotopic (exact) mass is 286 g/mol. The molecule has 0 fully saturated rings. The van der Waals surface area contributed by atoms with Crippen molar-refractivity contribution >= 4 is 15.5 Å². The van der Waals surface area contributed by atoms with Crippen molar-refractivity contribution in [2.45, 2.75) is 64.6 Å². The van der Waals surface area contributed by atoms with Gasteiger partial charge in [-0.2, -0.15) is 0 Å². The lowest BCUT2D eigenvalue weighted by molar-refractivity contribution is -0.141. The second kappa shape index (κ2) is 11.2. The Bertz CT molecular complexity index is 266. The standard InChI is InChI=1S/C15H30O3Si/c1-6-9-10-14(18-15(16)12(4)5)19-13(7-2)11-17-8-3/h13-14H,4,6-11,19H2,1-3,5H3. The van der Waals surface area contributed by atoms with Crippen LogP contribution in [0.25, 0.3) is 0 Å². The minimum absolute atomic E-state index is 0.134. The van der Waals surface area contributed by atoms with E-state index in [0.717, 1.165) is 38.9 Å². The van der Waals surface area contributed by atoms with Crippen molar-refractivity contribution in [2.24, 2.45) is 0 Å². The molecule has 0 bridgehead atoms. The average molecular weight is 286 g/mol. The van der Waals surface area contributed by atoms with Crippen molar-refractivity contribution in [3.8, 4) is 0 Å². The Hall–Kier alpha value is -0.613. The molecule has 2 unspecified atom stereocenters. The molecule has 3 nitrogen and oxygen atoms in total. The Labute approximate surface area is 120 Å². The fraction of sp³-hybridized carbons (Fsp3) is 0.800. The summed E-state index contributed by atoms with van der Waals surface area (Å²) in [5.74, 6) is -0.236. The molecule has 112 valence electrons. The van der Waals surface area contributed by atoms with Crippen LogP contribution in [-0.4, -0.2) is 34.4 Å². The van der Waals surface area contributed by atoms with Crippen LogP contribution in [-0.2, 0) is 14.3 Å². The molecule has 0 heterocycles. The Morgan fingerprint density at radius 1 is 1.32 bits per heavy atom. The third kappa shape index (κ3) is 9.00. The van der Waals surface area contributed by atoms with Gasteiger partial charge in [0.1, 0.15) is 0 Å². The van der Waals surface area contributed by atoms with Gasteiger partial charge in [0, 0.05) is 18.8 Å². The third-order valence-corrected chi connectivity index (χ3v) is 5.81. The van der Waals surface area contributed by atoms with Crippen LogP contribution in [0.3, 0.4) is 0 Å². The molecule has 0 saturated carbocycles. The molecule has 0 amide bonds. The molecular formula is C15H30O3Si. The van der Waals surface area contributed by atoms with Gasteiger partial charge >= 0.3 is 5.97 Å². The van der Waals surface area contributed by atoms with E-state index in [-0.39, 0.29) is 11.7 Å². The molecule has 0 aromatic rings. The molecule has 4 heteroatoms. The highest BCUT2D eigenvalue weighted by molar-refractivity contribution is 6.39. The van der Waals surface area contributed by atoms with Gasteiger partial charge in [-0.1, -0.05) is 39.7 Å². The Morgan fingerprint density at radius 2 is 2.00 bits per heavy atom. The van der Waals surface area contributed by atoms with Crippen molar-refractivity contribution in [3.05, 3.63) is 12.2 Å². The van der Waals surface area contributed by atoms with Gasteiger partial charge in [-0.3, -0.25) is 0 Å². The van der Waals surface area contributed by atoms with Gasteiger partial charge in [0.2, 0.25) is 0 Å². The van der Waals surface area contributed by atoms with Crippen LogP contribution in [0.2, 0.25) is 5.54 Å². The summed E-state index contributed by atoms with van der Waals surface area (Å²) in [6, 6.07) is 0. The first-order chi connectivity index (χ1) is 9.04. The number of unbranched alkanes of at least 4 members (excludes halogenated alkanes) is 1. The molecule has 0 N–H and O–H groups in total. The predicted octanol–water partition coefficient (Wildman–Crippen LogP) is 3.03. The summed E-state index contributed by atoms with van der Waals surface area (Å²) in [5, 5.41) is 0. The smallest absolute Gasteiger partial charge is 0.333 e. The number of hydrogen-bond acceptors (Lipinski definition) is 3. The topological polar surface area (TPSA) is 35.5 Å². The summed E-state index contributed by atoms with van der Waals surface area (Å²) in [6.07, 6.45) is 4.35. The number of carbonyl (C=O) groups is 1. The van der Waals surface area contributed by atoms with E-state index in [2.05, 4.69) is 20.4 Å². The fourth-order valence-electron chi connectivity index (χ4n) is 1.92. The van der Waals surface area contributed by atoms with Crippen LogP contribution in [0.1, 0.15) is 53.4 Å². The predicted molar refractivity (Wildman–Crippen MR) is 83.3 cm³/mol. The van der Waals surface area contributed by atoms with E-state index in [0.29, 0.717) is 11.1 Å². The van der Waals surface area contributed by atoms with Gasteiger partial charge < -0.3 is 9.47 Å². The van der Waals surface area contributed by atoms with Crippen molar-refractivity contribution in [3.63, 3.8) is 0 Å². The minimum atomic E-state index is -0.485. The summed E-state index contributed by atoms with van der Waals surface area (Å²) < 4.78 is 11.1. The Kier molecular flexibility index (Phi) is 10.9. The maximum Gasteiger partial charge on any atom is 0.333 e. The van der Waals surface area contributed by atoms with Crippen LogP contribution in [0.4, 0.5) is 0 Å². The summed E-state index contributed by atoms with van der Waals surface area (Å²) in [7, 11) is -0.485. The lowest BCUT2D eigenvalue weighted by atomic mass is 10.2. The molecule has 0 saturated heterocycles. The number of esters is 1. The summed E-state index contributed by atoms with van der Waals surface area (Å²) in [5.41, 5.74) is 1.22. The zero-order valence-corrected chi connectivity index (χ0v) is 14.5. The first kappa shape index (κ1) is 18.4. The van der Waals surface area contributed by atoms with Gasteiger partial charge in [-0.25, -0.2) is 4.79 Å². The number of carbonyl (C=O) groups excluding carboxylic acids is 1. The highest BCUT2D eigenvalue weighted by atomic mass is 28.2. The molecule has 19 heavy (non-hydrogen) atoms. The largest absolute Gasteiger partial charge is 0.464 e. The third-order valence-electron chi connectivity index (χ3n) is 3.23. The van der Waals surface area contributed by atoms with Gasteiger partial charge in [0.15, 0.2) is 0 Å². The highest BCUT2D eigenvalue weighted by Gasteiger charge is 2.20. The number of ether oxygens (including phenoxy) is 2. The lowest BCUT2D eigenvalue weighted by Crippen LogP contribution is -2.29. The van der Waals surface area contributed by atoms with E-state index < -0.39 is 9.52 Å². The number of rotatable bonds is 11. The van der Waals surface area contributed by atoms with Gasteiger partial charge in [-0.15, -0.1) is 0 Å². The molecule has 0 aliphatic heterocycles. The molecule has 2 atom stereocenters. The second-order valence-electron chi connectivity index (χ2n) is 5.12. The second-order valence-corrected chi connectivity index (χ2v) is 7.66. The number of hydrogen-bond donors (Lipinski definition) is 0. The lowest BCUT2D eigenvalue weighted by Gasteiger charge is -2.22. The molecule has 0 aliphatic carbocycles. The Morgan fingerprint density at radius 3 is 2.47 bits per heavy atom. The van der Waals surface area contributed by atoms with Crippen LogP contribution in [0, 0.1) is 0 Å². The van der Waals surface area contributed by atoms with Gasteiger partial charge in [-0.05, 0) is 25.8 Å². The maximum atomic E-state index is 11.7. The van der Waals surface area contributed by atoms with E-state index in [4.69, 9.17) is 9.47 Å². The van der Waals surface area contributed by atoms with E-state index in [1.807, 2.05) is 6.92 Å². The van der Waals surface area contributed by atoms with Crippen molar-refractivity contribution in [1.29, 1.82) is 0 Å². The summed E-state index contributed by atoms with van der Waals surface area (Å²) in [4.78, 5) is 11.7. The van der Waals surface area contributed by atoms with Crippen molar-refractivity contribution in [1.82, 2.24) is 0 Å². The maximum absolute atomic E-state index is 11.7. The van der Waals surface area contributed by atoms with E-state index >= 15 is 0 Å². The van der Waals surface area contributed by atoms with Crippen molar-refractivity contribution in [2.75, 3.05) is 13.2 Å². The summed E-state index contributed by atoms with van der Waals surface area (Å²) in [6.45, 7) is 13.3. The quantitative estimate of drug-likeness (QED) is 0.333. The molecule has 0 spiro atoms. The normalized spacial score (nSPS) is 14.5. The van der Waals surface area contributed by atoms with Crippen LogP contribution in [0.5, 0.6) is 0 Å². The Balaban J connectivity index is 4.37. The zero-order chi connectivity index (χ0) is 14.7. The zero-order valence-electron chi connectivity index (χ0n) is 13.0. The van der Waals surface area contributed by atoms with Crippen LogP contribution >= 0.6 is 0 Å². The highest BCUT2D eigenvalue weighted by Crippen LogP contribution is 2.16. The van der Waals surface area contributed by atoms with Gasteiger partial charge in [0.25, 0.3) is 0 Å².